The fraction of sp³-hybridized carbons (Fsp3) is 0.267. The first-order valence-electron chi connectivity index (χ1n) is 6.42. The van der Waals surface area contributed by atoms with E-state index >= 15 is 0 Å². The lowest BCUT2D eigenvalue weighted by Crippen LogP contribution is -2.17. The van der Waals surface area contributed by atoms with E-state index in [2.05, 4.69) is 40.1 Å². The lowest BCUT2D eigenvalue weighted by atomic mass is 10.1. The second-order valence-corrected chi connectivity index (χ2v) is 5.24. The summed E-state index contributed by atoms with van der Waals surface area (Å²) in [5.74, 6) is 0.495. The fourth-order valence-corrected chi connectivity index (χ4v) is 2.13. The van der Waals surface area contributed by atoms with Crippen molar-refractivity contribution in [2.24, 2.45) is 0 Å². The van der Waals surface area contributed by atoms with Crippen molar-refractivity contribution in [3.8, 4) is 11.6 Å². The summed E-state index contributed by atoms with van der Waals surface area (Å²) in [5, 5.41) is 3.31. The van der Waals surface area contributed by atoms with Crippen molar-refractivity contribution in [1.29, 1.82) is 0 Å². The second kappa shape index (κ2) is 6.81. The predicted molar refractivity (Wildman–Crippen MR) is 80.5 cm³/mol. The van der Waals surface area contributed by atoms with Gasteiger partial charge in [0.05, 0.1) is 4.47 Å². The number of rotatable bonds is 5. The van der Waals surface area contributed by atoms with E-state index in [-0.39, 0.29) is 11.9 Å². The molecule has 1 aromatic carbocycles. The Bertz CT molecular complexity index is 575. The summed E-state index contributed by atoms with van der Waals surface area (Å²) >= 11 is 3.32. The van der Waals surface area contributed by atoms with Gasteiger partial charge < -0.3 is 10.1 Å². The minimum Gasteiger partial charge on any atom is -0.438 e. The summed E-state index contributed by atoms with van der Waals surface area (Å²) in [4.78, 5) is 4.24. The molecule has 0 radical (unpaired) electrons. The fourth-order valence-electron chi connectivity index (χ4n) is 1.80. The smallest absolute Gasteiger partial charge is 0.219 e. The molecule has 2 rings (SSSR count). The molecular weight excluding hydrogens is 323 g/mol. The Labute approximate surface area is 126 Å². The molecule has 0 spiro atoms. The number of hydrogen-bond acceptors (Lipinski definition) is 3. The van der Waals surface area contributed by atoms with Gasteiger partial charge in [-0.3, -0.25) is 0 Å². The average molecular weight is 339 g/mol. The van der Waals surface area contributed by atoms with Gasteiger partial charge in [-0.1, -0.05) is 13.0 Å². The average Bonchev–Trinajstić information content (AvgIpc) is 2.44. The second-order valence-electron chi connectivity index (χ2n) is 4.39. The van der Waals surface area contributed by atoms with E-state index in [9.17, 15) is 4.39 Å². The van der Waals surface area contributed by atoms with E-state index in [1.807, 2.05) is 6.07 Å². The monoisotopic (exact) mass is 338 g/mol. The maximum Gasteiger partial charge on any atom is 0.219 e. The van der Waals surface area contributed by atoms with Gasteiger partial charge in [0.2, 0.25) is 5.88 Å². The molecule has 0 aliphatic heterocycles. The van der Waals surface area contributed by atoms with Crippen molar-refractivity contribution in [2.75, 3.05) is 6.54 Å². The molecule has 106 valence electrons. The predicted octanol–water partition coefficient (Wildman–Crippen LogP) is 4.45. The zero-order valence-electron chi connectivity index (χ0n) is 11.4. The van der Waals surface area contributed by atoms with Crippen LogP contribution in [-0.4, -0.2) is 11.5 Å². The highest BCUT2D eigenvalue weighted by atomic mass is 79.9. The molecule has 0 aliphatic carbocycles. The van der Waals surface area contributed by atoms with Crippen LogP contribution in [0.4, 0.5) is 4.39 Å². The van der Waals surface area contributed by atoms with Crippen LogP contribution in [0.15, 0.2) is 41.0 Å². The highest BCUT2D eigenvalue weighted by Crippen LogP contribution is 2.29. The standard InChI is InChI=1S/C15H16BrFN2O/c1-3-18-10(2)11-4-7-15(19-9-11)20-14-8-12(17)5-6-13(14)16/h4-10,18H,3H2,1-2H3. The van der Waals surface area contributed by atoms with Crippen molar-refractivity contribution < 1.29 is 9.13 Å². The molecular formula is C15H16BrFN2O. The van der Waals surface area contributed by atoms with E-state index < -0.39 is 0 Å². The van der Waals surface area contributed by atoms with Gasteiger partial charge in [-0.25, -0.2) is 9.37 Å². The third-order valence-corrected chi connectivity index (χ3v) is 3.53. The Morgan fingerprint density at radius 2 is 2.15 bits per heavy atom. The van der Waals surface area contributed by atoms with Gasteiger partial charge in [-0.15, -0.1) is 0 Å². The van der Waals surface area contributed by atoms with Crippen LogP contribution < -0.4 is 10.1 Å². The minimum absolute atomic E-state index is 0.238. The largest absolute Gasteiger partial charge is 0.438 e. The maximum atomic E-state index is 13.2. The Morgan fingerprint density at radius 3 is 2.80 bits per heavy atom. The molecule has 0 bridgehead atoms. The van der Waals surface area contributed by atoms with Gasteiger partial charge in [0.15, 0.2) is 0 Å². The molecule has 1 N–H and O–H groups in total. The molecule has 0 saturated carbocycles. The van der Waals surface area contributed by atoms with E-state index in [1.54, 1.807) is 18.3 Å². The molecule has 0 saturated heterocycles. The number of ether oxygens (including phenoxy) is 1. The Morgan fingerprint density at radius 1 is 1.35 bits per heavy atom. The molecule has 5 heteroatoms. The van der Waals surface area contributed by atoms with Gasteiger partial charge in [0.1, 0.15) is 11.6 Å². The van der Waals surface area contributed by atoms with Crippen LogP contribution in [0.25, 0.3) is 0 Å². The number of pyridine rings is 1. The number of aromatic nitrogens is 1. The highest BCUT2D eigenvalue weighted by molar-refractivity contribution is 9.10. The molecule has 1 aromatic heterocycles. The lowest BCUT2D eigenvalue weighted by Gasteiger charge is -2.13. The zero-order valence-corrected chi connectivity index (χ0v) is 12.9. The first-order valence-corrected chi connectivity index (χ1v) is 7.21. The van der Waals surface area contributed by atoms with Crippen LogP contribution in [0.5, 0.6) is 11.6 Å². The third-order valence-electron chi connectivity index (χ3n) is 2.88. The van der Waals surface area contributed by atoms with Crippen LogP contribution in [0, 0.1) is 5.82 Å². The molecule has 0 aliphatic rings. The van der Waals surface area contributed by atoms with E-state index in [4.69, 9.17) is 4.74 Å². The molecule has 20 heavy (non-hydrogen) atoms. The molecule has 1 heterocycles. The number of halogens is 2. The zero-order chi connectivity index (χ0) is 14.5. The summed E-state index contributed by atoms with van der Waals surface area (Å²) in [6.45, 7) is 5.03. The lowest BCUT2D eigenvalue weighted by molar-refractivity contribution is 0.454. The first-order chi connectivity index (χ1) is 9.60. The quantitative estimate of drug-likeness (QED) is 0.874. The van der Waals surface area contributed by atoms with Crippen LogP contribution in [0.3, 0.4) is 0 Å². The summed E-state index contributed by atoms with van der Waals surface area (Å²) in [6.07, 6.45) is 1.76. The summed E-state index contributed by atoms with van der Waals surface area (Å²) in [6, 6.07) is 8.25. The first kappa shape index (κ1) is 14.9. The topological polar surface area (TPSA) is 34.1 Å². The Kier molecular flexibility index (Phi) is 5.09. The van der Waals surface area contributed by atoms with E-state index in [1.165, 1.54) is 12.1 Å². The van der Waals surface area contributed by atoms with Crippen molar-refractivity contribution in [3.63, 3.8) is 0 Å². The SMILES string of the molecule is CCNC(C)c1ccc(Oc2cc(F)ccc2Br)nc1. The summed E-state index contributed by atoms with van der Waals surface area (Å²) < 4.78 is 19.4. The highest BCUT2D eigenvalue weighted by Gasteiger charge is 2.07. The van der Waals surface area contributed by atoms with Crippen LogP contribution in [0.1, 0.15) is 25.5 Å². The maximum absolute atomic E-state index is 13.2. The number of hydrogen-bond donors (Lipinski definition) is 1. The van der Waals surface area contributed by atoms with Crippen molar-refractivity contribution >= 4 is 15.9 Å². The van der Waals surface area contributed by atoms with Crippen molar-refractivity contribution in [3.05, 3.63) is 52.4 Å². The Balaban J connectivity index is 2.12. The van der Waals surface area contributed by atoms with Crippen LogP contribution >= 0.6 is 15.9 Å². The summed E-state index contributed by atoms with van der Waals surface area (Å²) in [5.41, 5.74) is 1.08. The molecule has 3 nitrogen and oxygen atoms in total. The Hall–Kier alpha value is -1.46. The van der Waals surface area contributed by atoms with Gasteiger partial charge >= 0.3 is 0 Å². The number of nitrogens with zero attached hydrogens (tertiary/aromatic N) is 1. The minimum atomic E-state index is -0.347. The van der Waals surface area contributed by atoms with E-state index in [0.29, 0.717) is 16.1 Å². The molecule has 2 aromatic rings. The summed E-state index contributed by atoms with van der Waals surface area (Å²) in [7, 11) is 0. The molecule has 1 atom stereocenters. The van der Waals surface area contributed by atoms with Crippen molar-refractivity contribution in [2.45, 2.75) is 19.9 Å². The molecule has 1 unspecified atom stereocenters. The number of nitrogens with one attached hydrogen (secondary N) is 1. The van der Waals surface area contributed by atoms with Gasteiger partial charge in [-0.05, 0) is 47.1 Å². The molecule has 0 fully saturated rings. The van der Waals surface area contributed by atoms with Crippen molar-refractivity contribution in [1.82, 2.24) is 10.3 Å². The third kappa shape index (κ3) is 3.77. The van der Waals surface area contributed by atoms with Gasteiger partial charge in [0, 0.05) is 24.4 Å². The van der Waals surface area contributed by atoms with Crippen LogP contribution in [-0.2, 0) is 0 Å². The van der Waals surface area contributed by atoms with E-state index in [0.717, 1.165) is 12.1 Å². The number of benzene rings is 1. The normalized spacial score (nSPS) is 12.2. The van der Waals surface area contributed by atoms with Gasteiger partial charge in [0.25, 0.3) is 0 Å². The van der Waals surface area contributed by atoms with Crippen LogP contribution in [0.2, 0.25) is 0 Å². The molecule has 0 amide bonds. The van der Waals surface area contributed by atoms with Gasteiger partial charge in [-0.2, -0.15) is 0 Å².